The highest BCUT2D eigenvalue weighted by atomic mass is 16.6. The van der Waals surface area contributed by atoms with Crippen molar-refractivity contribution >= 4 is 17.9 Å². The van der Waals surface area contributed by atoms with E-state index in [4.69, 9.17) is 14.2 Å². The minimum atomic E-state index is -0.760. The molecule has 0 fully saturated rings. The zero-order chi connectivity index (χ0) is 41.7. The number of unbranched alkanes of at least 4 members (excludes halogenated alkanes) is 33. The Kier molecular flexibility index (Phi) is 44.2. The van der Waals surface area contributed by atoms with Gasteiger partial charge in [-0.3, -0.25) is 14.4 Å². The summed E-state index contributed by atoms with van der Waals surface area (Å²) in [5, 5.41) is 0. The molecule has 0 bridgehead atoms. The fourth-order valence-electron chi connectivity index (χ4n) is 7.69. The van der Waals surface area contributed by atoms with E-state index in [0.717, 1.165) is 63.7 Å². The van der Waals surface area contributed by atoms with Gasteiger partial charge < -0.3 is 14.2 Å². The zero-order valence-electron chi connectivity index (χ0n) is 38.8. The molecule has 0 spiro atoms. The van der Waals surface area contributed by atoms with Crippen molar-refractivity contribution in [3.8, 4) is 0 Å². The van der Waals surface area contributed by atoms with Crippen LogP contribution < -0.4 is 0 Å². The quantitative estimate of drug-likeness (QED) is 0.0346. The summed E-state index contributed by atoms with van der Waals surface area (Å²) in [6.07, 6.45) is 46.6. The van der Waals surface area contributed by atoms with Crippen molar-refractivity contribution in [1.29, 1.82) is 0 Å². The Morgan fingerprint density at radius 1 is 0.333 bits per heavy atom. The van der Waals surface area contributed by atoms with Gasteiger partial charge in [0.05, 0.1) is 0 Å². The Hall–Kier alpha value is -1.59. The normalized spacial score (nSPS) is 11.9. The van der Waals surface area contributed by atoms with Crippen LogP contribution in [-0.4, -0.2) is 37.2 Å². The second-order valence-corrected chi connectivity index (χ2v) is 17.9. The van der Waals surface area contributed by atoms with E-state index in [0.29, 0.717) is 19.3 Å². The summed E-state index contributed by atoms with van der Waals surface area (Å²) < 4.78 is 16.8. The first kappa shape index (κ1) is 55.4. The molecule has 0 aliphatic rings. The van der Waals surface area contributed by atoms with Crippen LogP contribution >= 0.6 is 0 Å². The van der Waals surface area contributed by atoms with Gasteiger partial charge in [-0.1, -0.05) is 246 Å². The van der Waals surface area contributed by atoms with Crippen molar-refractivity contribution in [1.82, 2.24) is 0 Å². The number of hydrogen-bond acceptors (Lipinski definition) is 6. The molecule has 338 valence electrons. The SMILES string of the molecule is CCCCCCCCCCCCCCCCCC(=O)OC[C@@H](COC(=O)CCCCCCCCCCCC(C)C)OC(=O)CCCCCCCCCCCCCC. The van der Waals surface area contributed by atoms with E-state index < -0.39 is 6.10 Å². The van der Waals surface area contributed by atoms with Crippen LogP contribution in [0.25, 0.3) is 0 Å². The standard InChI is InChI=1S/C51H98O6/c1-5-7-9-11-13-15-17-19-20-21-23-26-30-34-38-42-49(52)55-45-48(57-51(54)44-40-36-32-27-22-18-16-14-12-10-8-6-2)46-56-50(53)43-39-35-31-28-24-25-29-33-37-41-47(3)4/h47-48H,5-46H2,1-4H3/t48-/m0/s1. The number of rotatable bonds is 46. The molecule has 0 saturated carbocycles. The predicted molar refractivity (Wildman–Crippen MR) is 243 cm³/mol. The molecule has 1 atom stereocenters. The topological polar surface area (TPSA) is 78.9 Å². The predicted octanol–water partition coefficient (Wildman–Crippen LogP) is 16.3. The second kappa shape index (κ2) is 45.5. The molecule has 0 N–H and O–H groups in total. The molecule has 0 aromatic rings. The van der Waals surface area contributed by atoms with Gasteiger partial charge >= 0.3 is 17.9 Å². The molecule has 6 nitrogen and oxygen atoms in total. The van der Waals surface area contributed by atoms with Crippen LogP contribution in [0.5, 0.6) is 0 Å². The second-order valence-electron chi connectivity index (χ2n) is 17.9. The van der Waals surface area contributed by atoms with Gasteiger partial charge in [0.1, 0.15) is 13.2 Å². The fraction of sp³-hybridized carbons (Fsp3) is 0.941. The molecule has 57 heavy (non-hydrogen) atoms. The number of ether oxygens (including phenoxy) is 3. The summed E-state index contributed by atoms with van der Waals surface area (Å²) in [6.45, 7) is 9.00. The summed E-state index contributed by atoms with van der Waals surface area (Å²) in [5.41, 5.74) is 0. The van der Waals surface area contributed by atoms with Crippen LogP contribution in [0.4, 0.5) is 0 Å². The summed E-state index contributed by atoms with van der Waals surface area (Å²) in [4.78, 5) is 37.9. The lowest BCUT2D eigenvalue weighted by Gasteiger charge is -2.18. The maximum absolute atomic E-state index is 12.7. The lowest BCUT2D eigenvalue weighted by molar-refractivity contribution is -0.167. The van der Waals surface area contributed by atoms with Gasteiger partial charge in [-0.25, -0.2) is 0 Å². The third kappa shape index (κ3) is 45.3. The Morgan fingerprint density at radius 3 is 0.860 bits per heavy atom. The monoisotopic (exact) mass is 807 g/mol. The van der Waals surface area contributed by atoms with Gasteiger partial charge in [0, 0.05) is 19.3 Å². The maximum atomic E-state index is 12.7. The van der Waals surface area contributed by atoms with Gasteiger partial charge in [-0.05, 0) is 25.2 Å². The first-order valence-electron chi connectivity index (χ1n) is 25.4. The minimum Gasteiger partial charge on any atom is -0.462 e. The lowest BCUT2D eigenvalue weighted by atomic mass is 10.0. The van der Waals surface area contributed by atoms with Gasteiger partial charge in [0.15, 0.2) is 6.10 Å². The summed E-state index contributed by atoms with van der Waals surface area (Å²) in [6, 6.07) is 0. The largest absolute Gasteiger partial charge is 0.462 e. The van der Waals surface area contributed by atoms with Crippen LogP contribution in [0.1, 0.15) is 285 Å². The Labute approximate surface area is 355 Å². The maximum Gasteiger partial charge on any atom is 0.306 e. The first-order chi connectivity index (χ1) is 27.9. The molecule has 0 aliphatic heterocycles. The van der Waals surface area contributed by atoms with E-state index in [1.807, 2.05) is 0 Å². The van der Waals surface area contributed by atoms with E-state index in [9.17, 15) is 14.4 Å². The third-order valence-corrected chi connectivity index (χ3v) is 11.5. The lowest BCUT2D eigenvalue weighted by Crippen LogP contribution is -2.30. The molecule has 0 amide bonds. The molecule has 0 heterocycles. The molecule has 6 heteroatoms. The molecule has 0 radical (unpaired) electrons. The molecule has 0 aromatic carbocycles. The van der Waals surface area contributed by atoms with Gasteiger partial charge in [0.2, 0.25) is 0 Å². The highest BCUT2D eigenvalue weighted by Gasteiger charge is 2.19. The third-order valence-electron chi connectivity index (χ3n) is 11.5. The molecule has 0 unspecified atom stereocenters. The molecule has 0 rings (SSSR count). The van der Waals surface area contributed by atoms with E-state index in [-0.39, 0.29) is 31.1 Å². The van der Waals surface area contributed by atoms with E-state index in [1.165, 1.54) is 180 Å². The zero-order valence-corrected chi connectivity index (χ0v) is 38.8. The summed E-state index contributed by atoms with van der Waals surface area (Å²) in [5.74, 6) is -0.0381. The van der Waals surface area contributed by atoms with Crippen LogP contribution in [0.3, 0.4) is 0 Å². The first-order valence-corrected chi connectivity index (χ1v) is 25.4. The summed E-state index contributed by atoms with van der Waals surface area (Å²) in [7, 11) is 0. The average Bonchev–Trinajstić information content (AvgIpc) is 3.19. The molecule has 0 aliphatic carbocycles. The molecular formula is C51H98O6. The van der Waals surface area contributed by atoms with E-state index >= 15 is 0 Å². The van der Waals surface area contributed by atoms with Gasteiger partial charge in [-0.15, -0.1) is 0 Å². The molecule has 0 aromatic heterocycles. The number of esters is 3. The van der Waals surface area contributed by atoms with E-state index in [2.05, 4.69) is 27.7 Å². The highest BCUT2D eigenvalue weighted by molar-refractivity contribution is 5.71. The van der Waals surface area contributed by atoms with Crippen molar-refractivity contribution < 1.29 is 28.6 Å². The Bertz CT molecular complexity index is 857. The number of carbonyl (C=O) groups excluding carboxylic acids is 3. The minimum absolute atomic E-state index is 0.0630. The van der Waals surface area contributed by atoms with Crippen LogP contribution in [0.15, 0.2) is 0 Å². The number of hydrogen-bond donors (Lipinski definition) is 0. The van der Waals surface area contributed by atoms with Crippen molar-refractivity contribution in [2.75, 3.05) is 13.2 Å². The van der Waals surface area contributed by atoms with Crippen LogP contribution in [0.2, 0.25) is 0 Å². The van der Waals surface area contributed by atoms with Crippen molar-refractivity contribution in [3.05, 3.63) is 0 Å². The van der Waals surface area contributed by atoms with Crippen LogP contribution in [0, 0.1) is 5.92 Å². The summed E-state index contributed by atoms with van der Waals surface area (Å²) >= 11 is 0. The fourth-order valence-corrected chi connectivity index (χ4v) is 7.69. The van der Waals surface area contributed by atoms with Crippen molar-refractivity contribution in [2.24, 2.45) is 5.92 Å². The smallest absolute Gasteiger partial charge is 0.306 e. The van der Waals surface area contributed by atoms with Crippen molar-refractivity contribution in [2.45, 2.75) is 291 Å². The van der Waals surface area contributed by atoms with Gasteiger partial charge in [-0.2, -0.15) is 0 Å². The molecule has 0 saturated heterocycles. The van der Waals surface area contributed by atoms with Crippen molar-refractivity contribution in [3.63, 3.8) is 0 Å². The van der Waals surface area contributed by atoms with Crippen LogP contribution in [-0.2, 0) is 28.6 Å². The molecular weight excluding hydrogens is 709 g/mol. The number of carbonyl (C=O) groups is 3. The van der Waals surface area contributed by atoms with Gasteiger partial charge in [0.25, 0.3) is 0 Å². The van der Waals surface area contributed by atoms with E-state index in [1.54, 1.807) is 0 Å². The Balaban J connectivity index is 4.30. The highest BCUT2D eigenvalue weighted by Crippen LogP contribution is 2.17. The average molecular weight is 807 g/mol. The Morgan fingerprint density at radius 2 is 0.579 bits per heavy atom.